The fourth-order valence-corrected chi connectivity index (χ4v) is 0.690. The van der Waals surface area contributed by atoms with Crippen LogP contribution in [0, 0.1) is 0 Å². The average Bonchev–Trinajstić information content (AvgIpc) is 2.09. The van der Waals surface area contributed by atoms with Crippen LogP contribution in [0.3, 0.4) is 0 Å². The van der Waals surface area contributed by atoms with Gasteiger partial charge in [0.1, 0.15) is 0 Å². The third-order valence-corrected chi connectivity index (χ3v) is 1.28. The van der Waals surface area contributed by atoms with E-state index in [2.05, 4.69) is 6.58 Å². The summed E-state index contributed by atoms with van der Waals surface area (Å²) in [6, 6.07) is 0.112. The third-order valence-electron chi connectivity index (χ3n) is 1.28. The molecule has 0 saturated carbocycles. The lowest BCUT2D eigenvalue weighted by molar-refractivity contribution is 0.883. The van der Waals surface area contributed by atoms with Crippen molar-refractivity contribution in [3.8, 4) is 0 Å². The lowest BCUT2D eigenvalue weighted by Crippen LogP contribution is -2.16. The molecule has 12 heavy (non-hydrogen) atoms. The van der Waals surface area contributed by atoms with E-state index in [-0.39, 0.29) is 6.04 Å². The number of hydrogen-bond acceptors (Lipinski definition) is 1. The van der Waals surface area contributed by atoms with Crippen molar-refractivity contribution in [1.29, 1.82) is 0 Å². The van der Waals surface area contributed by atoms with Crippen LogP contribution >= 0.6 is 0 Å². The Bertz CT molecular complexity index is 152. The van der Waals surface area contributed by atoms with Gasteiger partial charge in [-0.25, -0.2) is 0 Å². The number of allylic oxidation sites excluding steroid dienone is 3. The van der Waals surface area contributed by atoms with Gasteiger partial charge in [-0.05, 0) is 19.4 Å². The van der Waals surface area contributed by atoms with Gasteiger partial charge in [-0.1, -0.05) is 44.7 Å². The molecule has 2 N–H and O–H groups in total. The van der Waals surface area contributed by atoms with E-state index in [4.69, 9.17) is 5.73 Å². The van der Waals surface area contributed by atoms with Gasteiger partial charge in [-0.3, -0.25) is 0 Å². The molecule has 0 aromatic heterocycles. The third kappa shape index (κ3) is 7.29. The zero-order valence-corrected chi connectivity index (χ0v) is 8.67. The molecule has 0 aliphatic heterocycles. The maximum absolute atomic E-state index is 5.63. The van der Waals surface area contributed by atoms with Crippen molar-refractivity contribution < 1.29 is 0 Å². The minimum atomic E-state index is 0.112. The van der Waals surface area contributed by atoms with Crippen molar-refractivity contribution in [2.75, 3.05) is 0 Å². The van der Waals surface area contributed by atoms with Crippen LogP contribution in [0.2, 0.25) is 0 Å². The molecule has 0 aromatic rings. The molecule has 70 valence electrons. The van der Waals surface area contributed by atoms with Crippen LogP contribution in [0.25, 0.3) is 0 Å². The zero-order valence-electron chi connectivity index (χ0n) is 8.67. The number of hydrogen-bond donors (Lipinski definition) is 1. The topological polar surface area (TPSA) is 26.0 Å². The molecule has 0 aromatic carbocycles. The molecule has 0 aliphatic rings. The fourth-order valence-electron chi connectivity index (χ4n) is 0.690. The molecule has 1 unspecified atom stereocenters. The van der Waals surface area contributed by atoms with Gasteiger partial charge >= 0.3 is 0 Å². The van der Waals surface area contributed by atoms with Gasteiger partial charge < -0.3 is 5.73 Å². The lowest BCUT2D eigenvalue weighted by atomic mass is 10.1. The van der Waals surface area contributed by atoms with E-state index in [1.807, 2.05) is 45.9 Å². The minimum absolute atomic E-state index is 0.112. The second-order valence-corrected chi connectivity index (χ2v) is 2.17. The van der Waals surface area contributed by atoms with Crippen molar-refractivity contribution in [3.05, 3.63) is 36.5 Å². The first-order chi connectivity index (χ1) is 5.72. The van der Waals surface area contributed by atoms with Crippen molar-refractivity contribution in [1.82, 2.24) is 0 Å². The van der Waals surface area contributed by atoms with Crippen molar-refractivity contribution in [2.24, 2.45) is 5.73 Å². The van der Waals surface area contributed by atoms with Crippen LogP contribution in [-0.4, -0.2) is 6.04 Å². The largest absolute Gasteiger partial charge is 0.324 e. The summed E-state index contributed by atoms with van der Waals surface area (Å²) in [5.74, 6) is 0. The van der Waals surface area contributed by atoms with E-state index in [0.717, 1.165) is 5.57 Å². The van der Waals surface area contributed by atoms with Gasteiger partial charge in [0.05, 0.1) is 0 Å². The first-order valence-corrected chi connectivity index (χ1v) is 4.43. The molecule has 0 radical (unpaired) electrons. The van der Waals surface area contributed by atoms with Gasteiger partial charge in [0.25, 0.3) is 0 Å². The molecular weight excluding hydrogens is 146 g/mol. The van der Waals surface area contributed by atoms with Crippen molar-refractivity contribution >= 4 is 0 Å². The highest BCUT2D eigenvalue weighted by molar-refractivity contribution is 5.24. The monoisotopic (exact) mass is 167 g/mol. The predicted molar refractivity (Wildman–Crippen MR) is 58.1 cm³/mol. The van der Waals surface area contributed by atoms with E-state index < -0.39 is 0 Å². The fraction of sp³-hybridized carbons (Fsp3) is 0.455. The zero-order chi connectivity index (χ0) is 9.98. The summed E-state index contributed by atoms with van der Waals surface area (Å²) in [6.07, 6.45) is 7.60. The highest BCUT2D eigenvalue weighted by Crippen LogP contribution is 2.00. The van der Waals surface area contributed by atoms with Gasteiger partial charge in [0.15, 0.2) is 0 Å². The molecule has 0 saturated heterocycles. The Balaban J connectivity index is 0. The highest BCUT2D eigenvalue weighted by atomic mass is 14.6. The molecular formula is C11H21N. The number of nitrogens with two attached hydrogens (primary N) is 1. The molecule has 1 nitrogen and oxygen atoms in total. The summed E-state index contributed by atoms with van der Waals surface area (Å²) in [5.41, 5.74) is 6.77. The van der Waals surface area contributed by atoms with Gasteiger partial charge in [-0.2, -0.15) is 0 Å². The normalized spacial score (nSPS) is 13.6. The van der Waals surface area contributed by atoms with Crippen LogP contribution in [0.15, 0.2) is 36.5 Å². The maximum atomic E-state index is 5.63. The quantitative estimate of drug-likeness (QED) is 0.642. The molecule has 0 heterocycles. The van der Waals surface area contributed by atoms with E-state index in [1.165, 1.54) is 0 Å². The second kappa shape index (κ2) is 10.2. The van der Waals surface area contributed by atoms with E-state index in [0.29, 0.717) is 0 Å². The molecule has 0 amide bonds. The average molecular weight is 167 g/mol. The Hall–Kier alpha value is -0.820. The Morgan fingerprint density at radius 3 is 2.17 bits per heavy atom. The Labute approximate surface area is 76.7 Å². The number of rotatable bonds is 3. The van der Waals surface area contributed by atoms with Crippen LogP contribution in [-0.2, 0) is 0 Å². The molecule has 0 aliphatic carbocycles. The van der Waals surface area contributed by atoms with Crippen LogP contribution in [0.4, 0.5) is 0 Å². The summed E-state index contributed by atoms with van der Waals surface area (Å²) in [4.78, 5) is 0. The highest BCUT2D eigenvalue weighted by Gasteiger charge is 1.94. The first kappa shape index (κ1) is 13.7. The smallest absolute Gasteiger partial charge is 0.0262 e. The molecule has 0 rings (SSSR count). The SMILES string of the molecule is C=C/C=C\C(=C/C)C(C)N.CC. The molecule has 0 bridgehead atoms. The Morgan fingerprint density at radius 2 is 1.92 bits per heavy atom. The van der Waals surface area contributed by atoms with Crippen LogP contribution in [0.1, 0.15) is 27.7 Å². The minimum Gasteiger partial charge on any atom is -0.324 e. The maximum Gasteiger partial charge on any atom is 0.0262 e. The van der Waals surface area contributed by atoms with Crippen molar-refractivity contribution in [3.63, 3.8) is 0 Å². The second-order valence-electron chi connectivity index (χ2n) is 2.17. The molecule has 0 fully saturated rings. The summed E-state index contributed by atoms with van der Waals surface area (Å²) in [6.45, 7) is 11.5. The summed E-state index contributed by atoms with van der Waals surface area (Å²) < 4.78 is 0. The molecule has 0 spiro atoms. The van der Waals surface area contributed by atoms with Crippen LogP contribution in [0.5, 0.6) is 0 Å². The van der Waals surface area contributed by atoms with Crippen molar-refractivity contribution in [2.45, 2.75) is 33.7 Å². The first-order valence-electron chi connectivity index (χ1n) is 4.43. The lowest BCUT2D eigenvalue weighted by Gasteiger charge is -2.03. The van der Waals surface area contributed by atoms with Gasteiger partial charge in [0.2, 0.25) is 0 Å². The predicted octanol–water partition coefficient (Wildman–Crippen LogP) is 3.05. The van der Waals surface area contributed by atoms with E-state index >= 15 is 0 Å². The van der Waals surface area contributed by atoms with Crippen LogP contribution < -0.4 is 5.73 Å². The van der Waals surface area contributed by atoms with E-state index in [1.54, 1.807) is 6.08 Å². The molecule has 1 heteroatoms. The summed E-state index contributed by atoms with van der Waals surface area (Å²) in [7, 11) is 0. The summed E-state index contributed by atoms with van der Waals surface area (Å²) in [5, 5.41) is 0. The molecule has 1 atom stereocenters. The summed E-state index contributed by atoms with van der Waals surface area (Å²) >= 11 is 0. The Kier molecular flexibility index (Phi) is 11.7. The Morgan fingerprint density at radius 1 is 1.42 bits per heavy atom. The van der Waals surface area contributed by atoms with Gasteiger partial charge in [0, 0.05) is 6.04 Å². The van der Waals surface area contributed by atoms with E-state index in [9.17, 15) is 0 Å². The standard InChI is InChI=1S/C9H15N.C2H6/c1-4-6-7-9(5-2)8(3)10;1-2/h4-8H,1,10H2,2-3H3;1-2H3/b7-6-,9-5+;. The van der Waals surface area contributed by atoms with Gasteiger partial charge in [-0.15, -0.1) is 0 Å².